The van der Waals surface area contributed by atoms with Gasteiger partial charge in [0.25, 0.3) is 0 Å². The van der Waals surface area contributed by atoms with Crippen LogP contribution in [0.25, 0.3) is 0 Å². The van der Waals surface area contributed by atoms with Gasteiger partial charge in [-0.25, -0.2) is 0 Å². The number of carboxylic acids is 1. The van der Waals surface area contributed by atoms with Crippen molar-refractivity contribution in [2.24, 2.45) is 5.73 Å². The van der Waals surface area contributed by atoms with Gasteiger partial charge in [0.15, 0.2) is 0 Å². The monoisotopic (exact) mass is 268 g/mol. The molecular formula is C12H16N2O3S. The third-order valence-corrected chi connectivity index (χ3v) is 3.23. The van der Waals surface area contributed by atoms with Gasteiger partial charge in [-0.05, 0) is 12.1 Å². The van der Waals surface area contributed by atoms with E-state index in [1.807, 2.05) is 30.3 Å². The Balaban J connectivity index is 2.16. The van der Waals surface area contributed by atoms with Crippen LogP contribution in [0.4, 0.5) is 5.69 Å². The fourth-order valence-corrected chi connectivity index (χ4v) is 2.08. The van der Waals surface area contributed by atoms with E-state index in [4.69, 9.17) is 10.8 Å². The highest BCUT2D eigenvalue weighted by Crippen LogP contribution is 2.08. The summed E-state index contributed by atoms with van der Waals surface area (Å²) < 4.78 is 0. The average molecular weight is 268 g/mol. The molecule has 0 bridgehead atoms. The van der Waals surface area contributed by atoms with E-state index in [-0.39, 0.29) is 5.91 Å². The Labute approximate surface area is 110 Å². The lowest BCUT2D eigenvalue weighted by molar-refractivity contribution is -0.137. The SMILES string of the molecule is N[C@H](CSCCC(=O)Nc1ccccc1)C(=O)O. The first kappa shape index (κ1) is 14.5. The van der Waals surface area contributed by atoms with E-state index in [0.29, 0.717) is 17.9 Å². The van der Waals surface area contributed by atoms with Crippen molar-refractivity contribution in [3.63, 3.8) is 0 Å². The first-order chi connectivity index (χ1) is 8.59. The summed E-state index contributed by atoms with van der Waals surface area (Å²) in [5.74, 6) is -0.234. The summed E-state index contributed by atoms with van der Waals surface area (Å²) in [7, 11) is 0. The third kappa shape index (κ3) is 5.70. The van der Waals surface area contributed by atoms with E-state index in [0.717, 1.165) is 5.69 Å². The number of carbonyl (C=O) groups excluding carboxylic acids is 1. The highest BCUT2D eigenvalue weighted by Gasteiger charge is 2.11. The van der Waals surface area contributed by atoms with Crippen LogP contribution < -0.4 is 11.1 Å². The van der Waals surface area contributed by atoms with Crippen LogP contribution in [0.5, 0.6) is 0 Å². The first-order valence-electron chi connectivity index (χ1n) is 5.50. The second-order valence-electron chi connectivity index (χ2n) is 3.68. The van der Waals surface area contributed by atoms with Crippen molar-refractivity contribution in [2.45, 2.75) is 12.5 Å². The van der Waals surface area contributed by atoms with Crippen molar-refractivity contribution in [3.8, 4) is 0 Å². The first-order valence-corrected chi connectivity index (χ1v) is 6.66. The van der Waals surface area contributed by atoms with Crippen LogP contribution in [-0.2, 0) is 9.59 Å². The maximum atomic E-state index is 11.5. The number of anilines is 1. The summed E-state index contributed by atoms with van der Waals surface area (Å²) in [6.07, 6.45) is 0.339. The highest BCUT2D eigenvalue weighted by atomic mass is 32.2. The molecular weight excluding hydrogens is 252 g/mol. The van der Waals surface area contributed by atoms with Crippen LogP contribution >= 0.6 is 11.8 Å². The maximum Gasteiger partial charge on any atom is 0.321 e. The normalized spacial score (nSPS) is 11.8. The lowest BCUT2D eigenvalue weighted by Crippen LogP contribution is -2.32. The molecule has 0 aliphatic heterocycles. The molecule has 0 radical (unpaired) electrons. The Hall–Kier alpha value is -1.53. The van der Waals surface area contributed by atoms with Gasteiger partial charge in [-0.1, -0.05) is 18.2 Å². The molecule has 1 aromatic rings. The molecule has 6 heteroatoms. The molecule has 0 heterocycles. The number of thioether (sulfide) groups is 1. The van der Waals surface area contributed by atoms with Gasteiger partial charge in [-0.15, -0.1) is 0 Å². The van der Waals surface area contributed by atoms with Crippen molar-refractivity contribution >= 4 is 29.3 Å². The number of para-hydroxylation sites is 1. The summed E-state index contributed by atoms with van der Waals surface area (Å²) in [6, 6.07) is 8.31. The van der Waals surface area contributed by atoms with Crippen LogP contribution in [0.2, 0.25) is 0 Å². The van der Waals surface area contributed by atoms with E-state index < -0.39 is 12.0 Å². The topological polar surface area (TPSA) is 92.4 Å². The van der Waals surface area contributed by atoms with Gasteiger partial charge in [-0.2, -0.15) is 11.8 Å². The van der Waals surface area contributed by atoms with Crippen LogP contribution in [-0.4, -0.2) is 34.5 Å². The Morgan fingerprint density at radius 2 is 2.00 bits per heavy atom. The zero-order valence-corrected chi connectivity index (χ0v) is 10.7. The van der Waals surface area contributed by atoms with Crippen molar-refractivity contribution in [1.82, 2.24) is 0 Å². The largest absolute Gasteiger partial charge is 0.480 e. The molecule has 4 N–H and O–H groups in total. The van der Waals surface area contributed by atoms with Crippen LogP contribution in [0, 0.1) is 0 Å². The number of carbonyl (C=O) groups is 2. The quantitative estimate of drug-likeness (QED) is 0.645. The highest BCUT2D eigenvalue weighted by molar-refractivity contribution is 7.99. The van der Waals surface area contributed by atoms with Crippen molar-refractivity contribution in [3.05, 3.63) is 30.3 Å². The zero-order valence-electron chi connectivity index (χ0n) is 9.83. The smallest absolute Gasteiger partial charge is 0.321 e. The molecule has 0 aliphatic rings. The lowest BCUT2D eigenvalue weighted by atomic mass is 10.3. The third-order valence-electron chi connectivity index (χ3n) is 2.15. The van der Waals surface area contributed by atoms with E-state index >= 15 is 0 Å². The van der Waals surface area contributed by atoms with Crippen LogP contribution in [0.1, 0.15) is 6.42 Å². The number of carboxylic acid groups (broad SMARTS) is 1. The lowest BCUT2D eigenvalue weighted by Gasteiger charge is -2.06. The molecule has 0 unspecified atom stereocenters. The summed E-state index contributed by atoms with van der Waals surface area (Å²) >= 11 is 1.36. The van der Waals surface area contributed by atoms with Crippen LogP contribution in [0.3, 0.4) is 0 Å². The molecule has 0 fully saturated rings. The van der Waals surface area contributed by atoms with Gasteiger partial charge >= 0.3 is 5.97 Å². The minimum atomic E-state index is -1.02. The summed E-state index contributed by atoms with van der Waals surface area (Å²) in [6.45, 7) is 0. The van der Waals surface area contributed by atoms with Gasteiger partial charge in [0.1, 0.15) is 6.04 Å². The minimum Gasteiger partial charge on any atom is -0.480 e. The molecule has 1 rings (SSSR count). The molecule has 0 aromatic heterocycles. The van der Waals surface area contributed by atoms with Crippen molar-refractivity contribution in [1.29, 1.82) is 0 Å². The number of rotatable bonds is 7. The van der Waals surface area contributed by atoms with Gasteiger partial charge < -0.3 is 16.2 Å². The van der Waals surface area contributed by atoms with Crippen LogP contribution in [0.15, 0.2) is 30.3 Å². The van der Waals surface area contributed by atoms with E-state index in [1.165, 1.54) is 11.8 Å². The molecule has 18 heavy (non-hydrogen) atoms. The number of aliphatic carboxylic acids is 1. The Morgan fingerprint density at radius 3 is 2.61 bits per heavy atom. The van der Waals surface area contributed by atoms with Crippen molar-refractivity contribution < 1.29 is 14.7 Å². The fraction of sp³-hybridized carbons (Fsp3) is 0.333. The Morgan fingerprint density at radius 1 is 1.33 bits per heavy atom. The van der Waals surface area contributed by atoms with E-state index in [1.54, 1.807) is 0 Å². The molecule has 0 saturated heterocycles. The molecule has 1 atom stereocenters. The molecule has 98 valence electrons. The number of nitrogens with two attached hydrogens (primary N) is 1. The molecule has 5 nitrogen and oxygen atoms in total. The molecule has 1 amide bonds. The Kier molecular flexibility index (Phi) is 6.24. The average Bonchev–Trinajstić information content (AvgIpc) is 2.35. The second kappa shape index (κ2) is 7.73. The Bertz CT molecular complexity index is 398. The number of amides is 1. The summed E-state index contributed by atoms with van der Waals surface area (Å²) in [5.41, 5.74) is 6.10. The number of hydrogen-bond donors (Lipinski definition) is 3. The second-order valence-corrected chi connectivity index (χ2v) is 4.83. The van der Waals surface area contributed by atoms with Crippen molar-refractivity contribution in [2.75, 3.05) is 16.8 Å². The number of hydrogen-bond acceptors (Lipinski definition) is 4. The van der Waals surface area contributed by atoms with Gasteiger partial charge in [0, 0.05) is 23.6 Å². The van der Waals surface area contributed by atoms with Gasteiger partial charge in [0.05, 0.1) is 0 Å². The van der Waals surface area contributed by atoms with Gasteiger partial charge in [0.2, 0.25) is 5.91 Å². The minimum absolute atomic E-state index is 0.0856. The molecule has 1 aromatic carbocycles. The predicted octanol–water partition coefficient (Wildman–Crippen LogP) is 1.16. The number of nitrogens with one attached hydrogen (secondary N) is 1. The summed E-state index contributed by atoms with van der Waals surface area (Å²) in [4.78, 5) is 22.0. The molecule has 0 saturated carbocycles. The van der Waals surface area contributed by atoms with E-state index in [9.17, 15) is 9.59 Å². The van der Waals surface area contributed by atoms with E-state index in [2.05, 4.69) is 5.32 Å². The standard InChI is InChI=1S/C12H16N2O3S/c13-10(12(16)17)8-18-7-6-11(15)14-9-4-2-1-3-5-9/h1-5,10H,6-8,13H2,(H,14,15)(H,16,17)/t10-/m1/s1. The zero-order chi connectivity index (χ0) is 13.4. The fourth-order valence-electron chi connectivity index (χ4n) is 1.19. The maximum absolute atomic E-state index is 11.5. The number of benzene rings is 1. The summed E-state index contributed by atoms with van der Waals surface area (Å²) in [5, 5.41) is 11.3. The molecule has 0 aliphatic carbocycles. The van der Waals surface area contributed by atoms with Gasteiger partial charge in [-0.3, -0.25) is 9.59 Å². The predicted molar refractivity (Wildman–Crippen MR) is 72.6 cm³/mol. The molecule has 0 spiro atoms.